The molecule has 0 aliphatic rings. The topological polar surface area (TPSA) is 46.5 Å². The summed E-state index contributed by atoms with van der Waals surface area (Å²) in [6, 6.07) is 0. The third-order valence-electron chi connectivity index (χ3n) is 1.65. The van der Waals surface area contributed by atoms with Crippen LogP contribution in [0, 0.1) is 0 Å². The second-order valence-electron chi connectivity index (χ2n) is 4.31. The molecule has 0 amide bonds. The summed E-state index contributed by atoms with van der Waals surface area (Å²) < 4.78 is 5.43. The highest BCUT2D eigenvalue weighted by Gasteiger charge is 2.19. The Balaban J connectivity index is 3.98. The van der Waals surface area contributed by atoms with Crippen LogP contribution in [0.25, 0.3) is 0 Å². The lowest BCUT2D eigenvalue weighted by Crippen LogP contribution is -2.46. The van der Waals surface area contributed by atoms with Crippen molar-refractivity contribution in [3.8, 4) is 0 Å². The quantitative estimate of drug-likeness (QED) is 0.306. The number of carbonyl (C=O) groups is 1. The highest BCUT2D eigenvalue weighted by atomic mass is 16.5. The molecule has 4 heteroatoms. The zero-order valence-electron chi connectivity index (χ0n) is 9.41. The molecule has 0 aliphatic carbocycles. The summed E-state index contributed by atoms with van der Waals surface area (Å²) in [4.78, 5) is 11.1. The molecular weight excluding hydrogens is 182 g/mol. The molecule has 0 bridgehead atoms. The maximum atomic E-state index is 11.1. The Bertz CT molecular complexity index is 221. The number of aliphatic hydroxyl groups excluding tert-OH is 1. The molecule has 14 heavy (non-hydrogen) atoms. The SMILES string of the molecule is C=C(C)C(=O)OC[N+](C)(C)CC(C)O. The molecule has 0 aromatic rings. The Labute approximate surface area is 85.4 Å². The summed E-state index contributed by atoms with van der Waals surface area (Å²) in [5.74, 6) is -0.387. The molecule has 4 nitrogen and oxygen atoms in total. The van der Waals surface area contributed by atoms with Crippen LogP contribution < -0.4 is 0 Å². The van der Waals surface area contributed by atoms with Crippen molar-refractivity contribution in [2.24, 2.45) is 0 Å². The first-order valence-electron chi connectivity index (χ1n) is 4.57. The van der Waals surface area contributed by atoms with Gasteiger partial charge in [0.05, 0.1) is 14.1 Å². The van der Waals surface area contributed by atoms with Crippen LogP contribution in [0.4, 0.5) is 0 Å². The van der Waals surface area contributed by atoms with Gasteiger partial charge >= 0.3 is 5.97 Å². The molecule has 1 unspecified atom stereocenters. The number of rotatable bonds is 5. The van der Waals surface area contributed by atoms with Crippen molar-refractivity contribution in [3.63, 3.8) is 0 Å². The summed E-state index contributed by atoms with van der Waals surface area (Å²) in [5.41, 5.74) is 0.391. The first-order valence-corrected chi connectivity index (χ1v) is 4.57. The maximum Gasteiger partial charge on any atom is 0.337 e. The van der Waals surface area contributed by atoms with Crippen molar-refractivity contribution in [2.45, 2.75) is 20.0 Å². The molecule has 0 aromatic heterocycles. The van der Waals surface area contributed by atoms with Crippen LogP contribution in [0.5, 0.6) is 0 Å². The maximum absolute atomic E-state index is 11.1. The Morgan fingerprint density at radius 2 is 2.07 bits per heavy atom. The number of quaternary nitrogens is 1. The molecule has 0 saturated heterocycles. The van der Waals surface area contributed by atoms with Gasteiger partial charge in [0, 0.05) is 5.57 Å². The van der Waals surface area contributed by atoms with Crippen LogP contribution >= 0.6 is 0 Å². The zero-order valence-corrected chi connectivity index (χ0v) is 9.41. The predicted molar refractivity (Wildman–Crippen MR) is 54.4 cm³/mol. The van der Waals surface area contributed by atoms with E-state index in [0.717, 1.165) is 0 Å². The van der Waals surface area contributed by atoms with Crippen LogP contribution in [0.1, 0.15) is 13.8 Å². The summed E-state index contributed by atoms with van der Waals surface area (Å²) in [5, 5.41) is 9.19. The number of carbonyl (C=O) groups excluding carboxylic acids is 1. The highest BCUT2D eigenvalue weighted by Crippen LogP contribution is 2.02. The van der Waals surface area contributed by atoms with E-state index in [4.69, 9.17) is 4.74 Å². The van der Waals surface area contributed by atoms with Crippen LogP contribution in [-0.2, 0) is 9.53 Å². The van der Waals surface area contributed by atoms with E-state index in [2.05, 4.69) is 6.58 Å². The minimum atomic E-state index is -0.409. The largest absolute Gasteiger partial charge is 0.412 e. The second-order valence-corrected chi connectivity index (χ2v) is 4.31. The van der Waals surface area contributed by atoms with E-state index in [-0.39, 0.29) is 12.7 Å². The smallest absolute Gasteiger partial charge is 0.337 e. The van der Waals surface area contributed by atoms with E-state index < -0.39 is 6.10 Å². The Morgan fingerprint density at radius 3 is 2.43 bits per heavy atom. The minimum Gasteiger partial charge on any atom is -0.412 e. The van der Waals surface area contributed by atoms with Gasteiger partial charge in [0.25, 0.3) is 0 Å². The van der Waals surface area contributed by atoms with Gasteiger partial charge in [0.15, 0.2) is 0 Å². The van der Waals surface area contributed by atoms with Crippen LogP contribution in [0.3, 0.4) is 0 Å². The number of likely N-dealkylation sites (N-methyl/N-ethyl adjacent to an activating group) is 1. The summed E-state index contributed by atoms with van der Waals surface area (Å²) >= 11 is 0. The monoisotopic (exact) mass is 202 g/mol. The second kappa shape index (κ2) is 5.12. The number of nitrogens with zero attached hydrogens (tertiary/aromatic N) is 1. The van der Waals surface area contributed by atoms with Gasteiger partial charge < -0.3 is 9.84 Å². The minimum absolute atomic E-state index is 0.247. The van der Waals surface area contributed by atoms with E-state index in [1.54, 1.807) is 13.8 Å². The summed E-state index contributed by atoms with van der Waals surface area (Å²) in [6.07, 6.45) is -0.409. The van der Waals surface area contributed by atoms with E-state index in [0.29, 0.717) is 16.6 Å². The van der Waals surface area contributed by atoms with Gasteiger partial charge in [-0.3, -0.25) is 4.48 Å². The molecule has 82 valence electrons. The molecule has 0 rings (SSSR count). The van der Waals surface area contributed by atoms with Crippen molar-refractivity contribution in [1.82, 2.24) is 0 Å². The van der Waals surface area contributed by atoms with E-state index >= 15 is 0 Å². The fourth-order valence-electron chi connectivity index (χ4n) is 1.12. The number of aliphatic hydroxyl groups is 1. The van der Waals surface area contributed by atoms with Crippen molar-refractivity contribution >= 4 is 5.97 Å². The van der Waals surface area contributed by atoms with Crippen molar-refractivity contribution in [2.75, 3.05) is 27.4 Å². The molecule has 1 atom stereocenters. The number of ether oxygens (including phenoxy) is 1. The average molecular weight is 202 g/mol. The van der Waals surface area contributed by atoms with Crippen molar-refractivity contribution < 1.29 is 19.1 Å². The molecular formula is C10H20NO3+. The summed E-state index contributed by atoms with van der Waals surface area (Å²) in [7, 11) is 3.77. The molecule has 0 spiro atoms. The fourth-order valence-corrected chi connectivity index (χ4v) is 1.12. The molecule has 1 N–H and O–H groups in total. The van der Waals surface area contributed by atoms with Gasteiger partial charge in [-0.15, -0.1) is 0 Å². The van der Waals surface area contributed by atoms with Gasteiger partial charge in [0.1, 0.15) is 12.6 Å². The Morgan fingerprint density at radius 1 is 1.57 bits per heavy atom. The van der Waals surface area contributed by atoms with Gasteiger partial charge in [-0.05, 0) is 13.8 Å². The molecule has 0 fully saturated rings. The molecule has 0 radical (unpaired) electrons. The number of esters is 1. The van der Waals surface area contributed by atoms with Gasteiger partial charge in [0.2, 0.25) is 6.73 Å². The van der Waals surface area contributed by atoms with E-state index in [1.807, 2.05) is 14.1 Å². The summed E-state index contributed by atoms with van der Waals surface area (Å²) in [6.45, 7) is 7.59. The normalized spacial score (nSPS) is 13.5. The van der Waals surface area contributed by atoms with E-state index in [9.17, 15) is 9.90 Å². The Hall–Kier alpha value is -0.870. The lowest BCUT2D eigenvalue weighted by Gasteiger charge is -2.29. The molecule has 0 aromatic carbocycles. The zero-order chi connectivity index (χ0) is 11.4. The van der Waals surface area contributed by atoms with E-state index in [1.165, 1.54) is 0 Å². The Kier molecular flexibility index (Phi) is 4.80. The van der Waals surface area contributed by atoms with Crippen molar-refractivity contribution in [1.29, 1.82) is 0 Å². The first kappa shape index (κ1) is 13.1. The van der Waals surface area contributed by atoms with Gasteiger partial charge in [-0.25, -0.2) is 4.79 Å². The third-order valence-corrected chi connectivity index (χ3v) is 1.65. The van der Waals surface area contributed by atoms with Gasteiger partial charge in [-0.2, -0.15) is 0 Å². The van der Waals surface area contributed by atoms with Gasteiger partial charge in [-0.1, -0.05) is 6.58 Å². The molecule has 0 aliphatic heterocycles. The highest BCUT2D eigenvalue weighted by molar-refractivity contribution is 5.86. The molecule has 0 saturated carbocycles. The predicted octanol–water partition coefficient (Wildman–Crippen LogP) is 0.520. The van der Waals surface area contributed by atoms with Crippen LogP contribution in [-0.4, -0.2) is 49.0 Å². The lowest BCUT2D eigenvalue weighted by atomic mass is 10.3. The molecule has 0 heterocycles. The van der Waals surface area contributed by atoms with Crippen LogP contribution in [0.2, 0.25) is 0 Å². The fraction of sp³-hybridized carbons (Fsp3) is 0.700. The number of hydrogen-bond donors (Lipinski definition) is 1. The standard InChI is InChI=1S/C10H20NO3/c1-8(2)10(13)14-7-11(4,5)6-9(3)12/h9,12H,1,6-7H2,2-5H3/q+1. The average Bonchev–Trinajstić information content (AvgIpc) is 1.97. The lowest BCUT2D eigenvalue weighted by molar-refractivity contribution is -0.909. The van der Waals surface area contributed by atoms with Crippen molar-refractivity contribution in [3.05, 3.63) is 12.2 Å². The number of hydrogen-bond acceptors (Lipinski definition) is 3. The first-order chi connectivity index (χ1) is 6.24. The van der Waals surface area contributed by atoms with Crippen LogP contribution in [0.15, 0.2) is 12.2 Å². The third kappa shape index (κ3) is 5.72.